The number of hydrogen-bond donors (Lipinski definition) is 2. The molecule has 2 N–H and O–H groups in total. The topological polar surface area (TPSA) is 50.4 Å². The number of rotatable bonds is 4. The standard InChI is InChI=1S/C15H13ClF2N2O2/c1-9-5-6-10(7-11(9)16)20-15(21)19-8-22-14-12(17)3-2-4-13(14)18/h2-7H,8H2,1H3,(H2,19,20,21). The monoisotopic (exact) mass is 326 g/mol. The lowest BCUT2D eigenvalue weighted by Crippen LogP contribution is -2.32. The highest BCUT2D eigenvalue weighted by Gasteiger charge is 2.10. The Balaban J connectivity index is 1.86. The van der Waals surface area contributed by atoms with Gasteiger partial charge in [0, 0.05) is 10.7 Å². The van der Waals surface area contributed by atoms with Gasteiger partial charge in [0.25, 0.3) is 0 Å². The van der Waals surface area contributed by atoms with E-state index >= 15 is 0 Å². The quantitative estimate of drug-likeness (QED) is 0.832. The van der Waals surface area contributed by atoms with Gasteiger partial charge in [-0.3, -0.25) is 0 Å². The molecule has 2 rings (SSSR count). The summed E-state index contributed by atoms with van der Waals surface area (Å²) in [6, 6.07) is 7.78. The summed E-state index contributed by atoms with van der Waals surface area (Å²) in [7, 11) is 0. The molecule has 0 saturated carbocycles. The maximum atomic E-state index is 13.3. The summed E-state index contributed by atoms with van der Waals surface area (Å²) in [6.07, 6.45) is 0. The minimum Gasteiger partial charge on any atom is -0.467 e. The van der Waals surface area contributed by atoms with Crippen LogP contribution >= 0.6 is 11.6 Å². The predicted octanol–water partition coefficient (Wildman–Crippen LogP) is 4.08. The molecule has 0 aliphatic heterocycles. The summed E-state index contributed by atoms with van der Waals surface area (Å²) in [5.41, 5.74) is 1.37. The van der Waals surface area contributed by atoms with Crippen molar-refractivity contribution in [3.8, 4) is 5.75 Å². The first-order valence-corrected chi connectivity index (χ1v) is 6.73. The zero-order valence-corrected chi connectivity index (χ0v) is 12.4. The molecule has 0 fully saturated rings. The second-order valence-corrected chi connectivity index (χ2v) is 4.84. The zero-order valence-electron chi connectivity index (χ0n) is 11.6. The minimum absolute atomic E-state index is 0.386. The normalized spacial score (nSPS) is 10.2. The van der Waals surface area contributed by atoms with Crippen LogP contribution in [0.5, 0.6) is 5.75 Å². The fraction of sp³-hybridized carbons (Fsp3) is 0.133. The number of para-hydroxylation sites is 1. The summed E-state index contributed by atoms with van der Waals surface area (Å²) in [5.74, 6) is -2.22. The van der Waals surface area contributed by atoms with E-state index in [1.54, 1.807) is 18.2 Å². The number of benzene rings is 2. The number of carbonyl (C=O) groups is 1. The van der Waals surface area contributed by atoms with Gasteiger partial charge in [-0.15, -0.1) is 0 Å². The van der Waals surface area contributed by atoms with E-state index in [1.165, 1.54) is 6.07 Å². The second kappa shape index (κ2) is 7.09. The van der Waals surface area contributed by atoms with Crippen LogP contribution in [0.4, 0.5) is 19.3 Å². The maximum Gasteiger partial charge on any atom is 0.321 e. The Bertz CT molecular complexity index is 675. The van der Waals surface area contributed by atoms with Gasteiger partial charge in [-0.2, -0.15) is 0 Å². The van der Waals surface area contributed by atoms with Crippen LogP contribution in [0.1, 0.15) is 5.56 Å². The van der Waals surface area contributed by atoms with Crippen molar-refractivity contribution in [1.29, 1.82) is 0 Å². The van der Waals surface area contributed by atoms with E-state index in [2.05, 4.69) is 10.6 Å². The van der Waals surface area contributed by atoms with Crippen molar-refractivity contribution in [3.63, 3.8) is 0 Å². The van der Waals surface area contributed by atoms with E-state index in [9.17, 15) is 13.6 Å². The number of aryl methyl sites for hydroxylation is 1. The molecule has 4 nitrogen and oxygen atoms in total. The van der Waals surface area contributed by atoms with Crippen LogP contribution in [-0.4, -0.2) is 12.8 Å². The first-order valence-electron chi connectivity index (χ1n) is 6.35. The van der Waals surface area contributed by atoms with Crippen molar-refractivity contribution in [3.05, 3.63) is 58.6 Å². The van der Waals surface area contributed by atoms with Crippen molar-refractivity contribution >= 4 is 23.3 Å². The molecule has 0 bridgehead atoms. The molecule has 2 amide bonds. The van der Waals surface area contributed by atoms with Crippen LogP contribution in [0.25, 0.3) is 0 Å². The van der Waals surface area contributed by atoms with Crippen molar-refractivity contribution in [2.24, 2.45) is 0 Å². The summed E-state index contributed by atoms with van der Waals surface area (Å²) < 4.78 is 31.5. The van der Waals surface area contributed by atoms with E-state index in [4.69, 9.17) is 16.3 Å². The molecule has 0 radical (unpaired) electrons. The third kappa shape index (κ3) is 4.08. The number of amides is 2. The van der Waals surface area contributed by atoms with Gasteiger partial charge >= 0.3 is 6.03 Å². The van der Waals surface area contributed by atoms with E-state index in [1.807, 2.05) is 6.92 Å². The molecule has 0 unspecified atom stereocenters. The van der Waals surface area contributed by atoms with Gasteiger partial charge < -0.3 is 15.4 Å². The lowest BCUT2D eigenvalue weighted by molar-refractivity contribution is 0.228. The average Bonchev–Trinajstić information content (AvgIpc) is 2.46. The highest BCUT2D eigenvalue weighted by molar-refractivity contribution is 6.31. The fourth-order valence-electron chi connectivity index (χ4n) is 1.64. The van der Waals surface area contributed by atoms with Crippen LogP contribution in [0.3, 0.4) is 0 Å². The molecule has 7 heteroatoms. The number of nitrogens with one attached hydrogen (secondary N) is 2. The molecule has 0 saturated heterocycles. The lowest BCUT2D eigenvalue weighted by atomic mass is 10.2. The highest BCUT2D eigenvalue weighted by atomic mass is 35.5. The maximum absolute atomic E-state index is 13.3. The molecule has 0 atom stereocenters. The molecule has 0 heterocycles. The number of halogens is 3. The largest absolute Gasteiger partial charge is 0.467 e. The van der Waals surface area contributed by atoms with Crippen molar-refractivity contribution in [2.75, 3.05) is 12.0 Å². The van der Waals surface area contributed by atoms with E-state index < -0.39 is 23.4 Å². The molecular weight excluding hydrogens is 314 g/mol. The van der Waals surface area contributed by atoms with Gasteiger partial charge in [0.15, 0.2) is 24.1 Å². The van der Waals surface area contributed by atoms with Crippen LogP contribution in [0.2, 0.25) is 5.02 Å². The number of ether oxygens (including phenoxy) is 1. The molecule has 0 aliphatic carbocycles. The lowest BCUT2D eigenvalue weighted by Gasteiger charge is -2.11. The number of hydrogen-bond acceptors (Lipinski definition) is 2. The molecule has 116 valence electrons. The number of carbonyl (C=O) groups excluding carboxylic acids is 1. The van der Waals surface area contributed by atoms with Crippen molar-refractivity contribution < 1.29 is 18.3 Å². The molecular formula is C15H13ClF2N2O2. The minimum atomic E-state index is -0.840. The SMILES string of the molecule is Cc1ccc(NC(=O)NCOc2c(F)cccc2F)cc1Cl. The molecule has 0 spiro atoms. The Kier molecular flexibility index (Phi) is 5.16. The molecule has 0 aromatic heterocycles. The first-order chi connectivity index (χ1) is 10.5. The second-order valence-electron chi connectivity index (χ2n) is 4.43. The van der Waals surface area contributed by atoms with Crippen molar-refractivity contribution in [2.45, 2.75) is 6.92 Å². The zero-order chi connectivity index (χ0) is 16.1. The van der Waals surface area contributed by atoms with Crippen molar-refractivity contribution in [1.82, 2.24) is 5.32 Å². The summed E-state index contributed by atoms with van der Waals surface area (Å²) in [6.45, 7) is 1.45. The van der Waals surface area contributed by atoms with Crippen LogP contribution < -0.4 is 15.4 Å². The first kappa shape index (κ1) is 16.0. The Hall–Kier alpha value is -2.34. The smallest absolute Gasteiger partial charge is 0.321 e. The van der Waals surface area contributed by atoms with E-state index in [0.29, 0.717) is 10.7 Å². The highest BCUT2D eigenvalue weighted by Crippen LogP contribution is 2.21. The van der Waals surface area contributed by atoms with Gasteiger partial charge in [-0.1, -0.05) is 23.7 Å². The molecule has 22 heavy (non-hydrogen) atoms. The summed E-state index contributed by atoms with van der Waals surface area (Å²) in [4.78, 5) is 11.6. The third-order valence-electron chi connectivity index (χ3n) is 2.80. The molecule has 2 aromatic rings. The molecule has 0 aliphatic rings. The average molecular weight is 327 g/mol. The Morgan fingerprint density at radius 1 is 1.23 bits per heavy atom. The van der Waals surface area contributed by atoms with Gasteiger partial charge in [0.1, 0.15) is 0 Å². The van der Waals surface area contributed by atoms with E-state index in [0.717, 1.165) is 17.7 Å². The summed E-state index contributed by atoms with van der Waals surface area (Å²) in [5, 5.41) is 5.36. The van der Waals surface area contributed by atoms with Gasteiger partial charge in [0.2, 0.25) is 0 Å². The Morgan fingerprint density at radius 2 is 1.91 bits per heavy atom. The van der Waals surface area contributed by atoms with Crippen LogP contribution in [-0.2, 0) is 0 Å². The van der Waals surface area contributed by atoms with Gasteiger partial charge in [-0.25, -0.2) is 13.6 Å². The predicted molar refractivity (Wildman–Crippen MR) is 80.2 cm³/mol. The van der Waals surface area contributed by atoms with Crippen LogP contribution in [0.15, 0.2) is 36.4 Å². The van der Waals surface area contributed by atoms with Crippen LogP contribution in [0, 0.1) is 18.6 Å². The number of urea groups is 1. The third-order valence-corrected chi connectivity index (χ3v) is 3.21. The molecule has 2 aromatic carbocycles. The Morgan fingerprint density at radius 3 is 2.55 bits per heavy atom. The van der Waals surface area contributed by atoms with E-state index in [-0.39, 0.29) is 6.73 Å². The summed E-state index contributed by atoms with van der Waals surface area (Å²) >= 11 is 5.94. The Labute approximate surface area is 131 Å². The fourth-order valence-corrected chi connectivity index (χ4v) is 1.82. The van der Waals surface area contributed by atoms with Gasteiger partial charge in [0.05, 0.1) is 0 Å². The van der Waals surface area contributed by atoms with Gasteiger partial charge in [-0.05, 0) is 36.8 Å². The number of anilines is 1.